The van der Waals surface area contributed by atoms with Gasteiger partial charge in [0, 0.05) is 13.0 Å². The standard InChI is InChI=1S/C19H19N7O/c1-12-5-3-4-6-14(12)13(2)26-17-7-8-25(11-16(17)22-24-26)18-10-21-23-19(27)15(18)9-20/h3-6,10,13H,7-8,11H2,1-2H3,(H,23,27)/t13-/m1/s1. The number of rotatable bonds is 3. The molecule has 8 heteroatoms. The van der Waals surface area contributed by atoms with Gasteiger partial charge in [0.2, 0.25) is 0 Å². The molecule has 0 radical (unpaired) electrons. The van der Waals surface area contributed by atoms with E-state index in [9.17, 15) is 10.1 Å². The SMILES string of the molecule is Cc1ccccc1[C@@H](C)n1nnc2c1CCN(c1cn[nH]c(=O)c1C#N)C2. The van der Waals surface area contributed by atoms with Crippen molar-refractivity contribution < 1.29 is 0 Å². The van der Waals surface area contributed by atoms with Gasteiger partial charge < -0.3 is 4.90 Å². The number of benzene rings is 1. The van der Waals surface area contributed by atoms with Crippen LogP contribution in [-0.2, 0) is 13.0 Å². The number of aromatic amines is 1. The highest BCUT2D eigenvalue weighted by Gasteiger charge is 2.27. The van der Waals surface area contributed by atoms with Crippen LogP contribution in [0.1, 0.15) is 41.0 Å². The van der Waals surface area contributed by atoms with Gasteiger partial charge in [-0.3, -0.25) is 4.79 Å². The molecule has 1 aliphatic heterocycles. The topological polar surface area (TPSA) is 103 Å². The minimum absolute atomic E-state index is 0.0779. The summed E-state index contributed by atoms with van der Waals surface area (Å²) in [6.45, 7) is 5.38. The molecule has 2 aromatic heterocycles. The fourth-order valence-electron chi connectivity index (χ4n) is 3.67. The van der Waals surface area contributed by atoms with Crippen molar-refractivity contribution in [1.82, 2.24) is 25.2 Å². The van der Waals surface area contributed by atoms with Gasteiger partial charge in [0.25, 0.3) is 5.56 Å². The fourth-order valence-corrected chi connectivity index (χ4v) is 3.67. The normalized spacial score (nSPS) is 14.5. The number of nitriles is 1. The molecule has 1 atom stereocenters. The average molecular weight is 361 g/mol. The van der Waals surface area contributed by atoms with E-state index in [0.29, 0.717) is 18.8 Å². The van der Waals surface area contributed by atoms with E-state index in [4.69, 9.17) is 0 Å². The maximum atomic E-state index is 11.8. The molecule has 1 N–H and O–H groups in total. The van der Waals surface area contributed by atoms with Gasteiger partial charge in [0.05, 0.1) is 30.2 Å². The molecule has 0 aliphatic carbocycles. The van der Waals surface area contributed by atoms with Gasteiger partial charge in [0.1, 0.15) is 17.3 Å². The summed E-state index contributed by atoms with van der Waals surface area (Å²) in [5.41, 5.74) is 4.54. The molecule has 0 fully saturated rings. The minimum Gasteiger partial charge on any atom is -0.363 e. The van der Waals surface area contributed by atoms with Crippen molar-refractivity contribution >= 4 is 5.69 Å². The van der Waals surface area contributed by atoms with Gasteiger partial charge in [-0.2, -0.15) is 10.4 Å². The van der Waals surface area contributed by atoms with Crippen LogP contribution < -0.4 is 10.5 Å². The summed E-state index contributed by atoms with van der Waals surface area (Å²) in [4.78, 5) is 13.8. The lowest BCUT2D eigenvalue weighted by Gasteiger charge is -2.29. The first-order valence-electron chi connectivity index (χ1n) is 8.81. The zero-order valence-corrected chi connectivity index (χ0v) is 15.2. The highest BCUT2D eigenvalue weighted by Crippen LogP contribution is 2.28. The molecular formula is C19H19N7O. The highest BCUT2D eigenvalue weighted by atomic mass is 16.1. The number of aromatic nitrogens is 5. The van der Waals surface area contributed by atoms with Gasteiger partial charge in [0.15, 0.2) is 0 Å². The molecule has 0 amide bonds. The number of nitrogens with zero attached hydrogens (tertiary/aromatic N) is 6. The number of aryl methyl sites for hydroxylation is 1. The number of nitrogens with one attached hydrogen (secondary N) is 1. The largest absolute Gasteiger partial charge is 0.363 e. The number of fused-ring (bicyclic) bond motifs is 1. The molecule has 1 aromatic carbocycles. The van der Waals surface area contributed by atoms with E-state index in [1.54, 1.807) is 0 Å². The second-order valence-electron chi connectivity index (χ2n) is 6.70. The van der Waals surface area contributed by atoms with Gasteiger partial charge in [-0.15, -0.1) is 5.10 Å². The molecular weight excluding hydrogens is 342 g/mol. The molecule has 4 rings (SSSR count). The van der Waals surface area contributed by atoms with Crippen LogP contribution in [0.25, 0.3) is 0 Å². The first-order valence-corrected chi connectivity index (χ1v) is 8.81. The smallest absolute Gasteiger partial charge is 0.284 e. The third-order valence-corrected chi connectivity index (χ3v) is 5.12. The van der Waals surface area contributed by atoms with Crippen molar-refractivity contribution in [3.8, 4) is 6.07 Å². The molecule has 3 aromatic rings. The van der Waals surface area contributed by atoms with Crippen molar-refractivity contribution in [2.24, 2.45) is 0 Å². The second-order valence-corrected chi connectivity index (χ2v) is 6.70. The summed E-state index contributed by atoms with van der Waals surface area (Å²) in [5, 5.41) is 24.2. The molecule has 136 valence electrons. The van der Waals surface area contributed by atoms with Crippen LogP contribution >= 0.6 is 0 Å². The molecule has 0 unspecified atom stereocenters. The van der Waals surface area contributed by atoms with Crippen LogP contribution in [0.15, 0.2) is 35.3 Å². The third-order valence-electron chi connectivity index (χ3n) is 5.12. The Balaban J connectivity index is 1.66. The Morgan fingerprint density at radius 1 is 1.33 bits per heavy atom. The Kier molecular flexibility index (Phi) is 4.20. The number of hydrogen-bond donors (Lipinski definition) is 1. The Morgan fingerprint density at radius 2 is 2.15 bits per heavy atom. The average Bonchev–Trinajstić information content (AvgIpc) is 3.11. The Hall–Kier alpha value is -3.47. The Morgan fingerprint density at radius 3 is 2.93 bits per heavy atom. The monoisotopic (exact) mass is 361 g/mol. The quantitative estimate of drug-likeness (QED) is 0.762. The summed E-state index contributed by atoms with van der Waals surface area (Å²) in [6.07, 6.45) is 2.25. The van der Waals surface area contributed by atoms with Gasteiger partial charge >= 0.3 is 0 Å². The maximum Gasteiger partial charge on any atom is 0.284 e. The third kappa shape index (κ3) is 2.87. The van der Waals surface area contributed by atoms with Crippen LogP contribution in [-0.4, -0.2) is 31.7 Å². The lowest BCUT2D eigenvalue weighted by Crippen LogP contribution is -2.33. The van der Waals surface area contributed by atoms with Gasteiger partial charge in [-0.1, -0.05) is 29.5 Å². The summed E-state index contributed by atoms with van der Waals surface area (Å²) >= 11 is 0. The van der Waals surface area contributed by atoms with Crippen LogP contribution in [0.4, 0.5) is 5.69 Å². The fraction of sp³-hybridized carbons (Fsp3) is 0.316. The van der Waals surface area contributed by atoms with E-state index in [1.807, 2.05) is 27.8 Å². The highest BCUT2D eigenvalue weighted by molar-refractivity contribution is 5.57. The molecule has 0 saturated carbocycles. The lowest BCUT2D eigenvalue weighted by molar-refractivity contribution is 0.515. The van der Waals surface area contributed by atoms with E-state index in [1.165, 1.54) is 17.3 Å². The molecule has 0 bridgehead atoms. The zero-order chi connectivity index (χ0) is 19.0. The summed E-state index contributed by atoms with van der Waals surface area (Å²) in [6, 6.07) is 10.3. The molecule has 0 spiro atoms. The number of anilines is 1. The maximum absolute atomic E-state index is 11.8. The molecule has 3 heterocycles. The van der Waals surface area contributed by atoms with E-state index in [2.05, 4.69) is 46.5 Å². The van der Waals surface area contributed by atoms with E-state index >= 15 is 0 Å². The van der Waals surface area contributed by atoms with Crippen LogP contribution in [0, 0.1) is 18.3 Å². The Bertz CT molecular complexity index is 1090. The molecule has 8 nitrogen and oxygen atoms in total. The zero-order valence-electron chi connectivity index (χ0n) is 15.2. The lowest BCUT2D eigenvalue weighted by atomic mass is 10.0. The molecule has 1 aliphatic rings. The van der Waals surface area contributed by atoms with E-state index in [-0.39, 0.29) is 11.6 Å². The van der Waals surface area contributed by atoms with Crippen LogP contribution in [0.5, 0.6) is 0 Å². The summed E-state index contributed by atoms with van der Waals surface area (Å²) in [7, 11) is 0. The number of H-pyrrole nitrogens is 1. The van der Waals surface area contributed by atoms with E-state index < -0.39 is 5.56 Å². The van der Waals surface area contributed by atoms with Crippen molar-refractivity contribution in [2.45, 2.75) is 32.9 Å². The van der Waals surface area contributed by atoms with Gasteiger partial charge in [-0.25, -0.2) is 9.78 Å². The van der Waals surface area contributed by atoms with E-state index in [0.717, 1.165) is 17.8 Å². The minimum atomic E-state index is -0.474. The first kappa shape index (κ1) is 17.0. The van der Waals surface area contributed by atoms with Crippen LogP contribution in [0.3, 0.4) is 0 Å². The summed E-state index contributed by atoms with van der Waals surface area (Å²) in [5.74, 6) is 0. The predicted octanol–water partition coefficient (Wildman–Crippen LogP) is 1.71. The Labute approximate surface area is 156 Å². The first-order chi connectivity index (χ1) is 13.1. The van der Waals surface area contributed by atoms with Crippen molar-refractivity contribution in [3.05, 3.63) is 68.9 Å². The molecule has 27 heavy (non-hydrogen) atoms. The van der Waals surface area contributed by atoms with Crippen LogP contribution in [0.2, 0.25) is 0 Å². The predicted molar refractivity (Wildman–Crippen MR) is 99.3 cm³/mol. The van der Waals surface area contributed by atoms with Crippen molar-refractivity contribution in [2.75, 3.05) is 11.4 Å². The summed E-state index contributed by atoms with van der Waals surface area (Å²) < 4.78 is 1.98. The van der Waals surface area contributed by atoms with Crippen molar-refractivity contribution in [1.29, 1.82) is 5.26 Å². The van der Waals surface area contributed by atoms with Crippen molar-refractivity contribution in [3.63, 3.8) is 0 Å². The number of hydrogen-bond acceptors (Lipinski definition) is 6. The molecule has 0 saturated heterocycles. The second kappa shape index (κ2) is 6.68. The van der Waals surface area contributed by atoms with Gasteiger partial charge in [-0.05, 0) is 25.0 Å².